The number of benzene rings is 1. The third-order valence-corrected chi connectivity index (χ3v) is 5.45. The highest BCUT2D eigenvalue weighted by Gasteiger charge is 2.28. The molecule has 0 unspecified atom stereocenters. The van der Waals surface area contributed by atoms with E-state index in [2.05, 4.69) is 4.72 Å². The highest BCUT2D eigenvalue weighted by atomic mass is 32.2. The van der Waals surface area contributed by atoms with Crippen LogP contribution in [0.25, 0.3) is 0 Å². The molecule has 0 atom stereocenters. The van der Waals surface area contributed by atoms with E-state index in [-0.39, 0.29) is 18.3 Å². The molecule has 0 aromatic heterocycles. The maximum atomic E-state index is 13.7. The van der Waals surface area contributed by atoms with Crippen LogP contribution in [0, 0.1) is 5.82 Å². The third kappa shape index (κ3) is 3.52. The molecule has 4 nitrogen and oxygen atoms in total. The number of nitrogens with one attached hydrogen (secondary N) is 1. The maximum absolute atomic E-state index is 13.7. The largest absolute Gasteiger partial charge is 0.326 e. The van der Waals surface area contributed by atoms with Crippen molar-refractivity contribution in [3.05, 3.63) is 35.1 Å². The minimum Gasteiger partial charge on any atom is -0.326 e. The number of rotatable bonds is 5. The van der Waals surface area contributed by atoms with E-state index in [4.69, 9.17) is 5.73 Å². The van der Waals surface area contributed by atoms with Crippen LogP contribution < -0.4 is 10.5 Å². The van der Waals surface area contributed by atoms with Crippen molar-refractivity contribution in [1.82, 2.24) is 4.72 Å². The van der Waals surface area contributed by atoms with Crippen molar-refractivity contribution in [3.63, 3.8) is 0 Å². The lowest BCUT2D eigenvalue weighted by atomic mass is 10.1. The molecule has 1 aliphatic carbocycles. The van der Waals surface area contributed by atoms with Gasteiger partial charge in [0.2, 0.25) is 10.0 Å². The lowest BCUT2D eigenvalue weighted by Gasteiger charge is -2.13. The molecule has 0 heterocycles. The summed E-state index contributed by atoms with van der Waals surface area (Å²) in [5, 5.41) is -0.320. The van der Waals surface area contributed by atoms with Crippen molar-refractivity contribution in [3.8, 4) is 0 Å². The second kappa shape index (κ2) is 5.98. The summed E-state index contributed by atoms with van der Waals surface area (Å²) in [4.78, 5) is 0. The average Bonchev–Trinajstić information content (AvgIpc) is 2.92. The summed E-state index contributed by atoms with van der Waals surface area (Å²) in [7, 11) is -3.33. The molecule has 19 heavy (non-hydrogen) atoms. The minimum absolute atomic E-state index is 0.00445. The maximum Gasteiger partial charge on any atom is 0.214 e. The first-order valence-corrected chi connectivity index (χ1v) is 8.03. The molecule has 1 saturated carbocycles. The van der Waals surface area contributed by atoms with Crippen LogP contribution in [0.2, 0.25) is 0 Å². The van der Waals surface area contributed by atoms with Gasteiger partial charge < -0.3 is 5.73 Å². The summed E-state index contributed by atoms with van der Waals surface area (Å²) < 4.78 is 40.2. The van der Waals surface area contributed by atoms with E-state index in [1.54, 1.807) is 12.1 Å². The summed E-state index contributed by atoms with van der Waals surface area (Å²) in [6.07, 6.45) is 3.30. The molecule has 1 fully saturated rings. The predicted octanol–water partition coefficient (Wildman–Crippen LogP) is 1.65. The van der Waals surface area contributed by atoms with Gasteiger partial charge in [0.25, 0.3) is 0 Å². The zero-order chi connectivity index (χ0) is 13.9. The Bertz CT molecular complexity index is 540. The van der Waals surface area contributed by atoms with Crippen molar-refractivity contribution in [2.45, 2.75) is 44.0 Å². The molecular formula is C13H19FN2O2S. The molecule has 1 aromatic carbocycles. The molecule has 0 amide bonds. The molecule has 0 bridgehead atoms. The van der Waals surface area contributed by atoms with E-state index in [1.165, 1.54) is 6.07 Å². The summed E-state index contributed by atoms with van der Waals surface area (Å²) in [5.41, 5.74) is 6.46. The van der Waals surface area contributed by atoms with Gasteiger partial charge in [-0.25, -0.2) is 17.5 Å². The van der Waals surface area contributed by atoms with Gasteiger partial charge in [0, 0.05) is 18.7 Å². The van der Waals surface area contributed by atoms with Crippen molar-refractivity contribution in [2.24, 2.45) is 5.73 Å². The first-order chi connectivity index (χ1) is 9.03. The van der Waals surface area contributed by atoms with Gasteiger partial charge in [0.15, 0.2) is 0 Å². The van der Waals surface area contributed by atoms with Gasteiger partial charge >= 0.3 is 0 Å². The first kappa shape index (κ1) is 14.4. The van der Waals surface area contributed by atoms with E-state index >= 15 is 0 Å². The molecule has 106 valence electrons. The first-order valence-electron chi connectivity index (χ1n) is 6.49. The lowest BCUT2D eigenvalue weighted by Crippen LogP contribution is -2.32. The zero-order valence-electron chi connectivity index (χ0n) is 10.7. The van der Waals surface area contributed by atoms with Crippen molar-refractivity contribution in [1.29, 1.82) is 0 Å². The van der Waals surface area contributed by atoms with Gasteiger partial charge in [-0.3, -0.25) is 0 Å². The molecule has 3 N–H and O–H groups in total. The smallest absolute Gasteiger partial charge is 0.214 e. The van der Waals surface area contributed by atoms with Gasteiger partial charge in [-0.15, -0.1) is 0 Å². The monoisotopic (exact) mass is 286 g/mol. The van der Waals surface area contributed by atoms with Crippen LogP contribution in [0.1, 0.15) is 36.8 Å². The molecule has 0 saturated heterocycles. The fraction of sp³-hybridized carbons (Fsp3) is 0.538. The van der Waals surface area contributed by atoms with Crippen LogP contribution in [-0.4, -0.2) is 13.7 Å². The predicted molar refractivity (Wildman–Crippen MR) is 72.3 cm³/mol. The molecule has 0 spiro atoms. The summed E-state index contributed by atoms with van der Waals surface area (Å²) >= 11 is 0. The SMILES string of the molecule is NCc1ccc(CNS(=O)(=O)C2CCCC2)c(F)c1. The standard InChI is InChI=1S/C13H19FN2O2S/c14-13-7-10(8-15)5-6-11(13)9-16-19(17,18)12-3-1-2-4-12/h5-7,12,16H,1-4,8-9,15H2. The normalized spacial score (nSPS) is 16.9. The van der Waals surface area contributed by atoms with Crippen LogP contribution >= 0.6 is 0 Å². The van der Waals surface area contributed by atoms with Crippen LogP contribution in [0.15, 0.2) is 18.2 Å². The van der Waals surface area contributed by atoms with Gasteiger partial charge in [-0.1, -0.05) is 25.0 Å². The van der Waals surface area contributed by atoms with Gasteiger partial charge in [-0.05, 0) is 24.5 Å². The molecule has 0 radical (unpaired) electrons. The lowest BCUT2D eigenvalue weighted by molar-refractivity contribution is 0.559. The Morgan fingerprint density at radius 2 is 2.00 bits per heavy atom. The van der Waals surface area contributed by atoms with Crippen molar-refractivity contribution in [2.75, 3.05) is 0 Å². The highest BCUT2D eigenvalue weighted by molar-refractivity contribution is 7.90. The Morgan fingerprint density at radius 3 is 2.58 bits per heavy atom. The minimum atomic E-state index is -3.33. The Hall–Kier alpha value is -0.980. The summed E-state index contributed by atoms with van der Waals surface area (Å²) in [5.74, 6) is -0.419. The van der Waals surface area contributed by atoms with Crippen LogP contribution in [0.3, 0.4) is 0 Å². The highest BCUT2D eigenvalue weighted by Crippen LogP contribution is 2.24. The Kier molecular flexibility index (Phi) is 4.54. The molecule has 1 aromatic rings. The molecule has 0 aliphatic heterocycles. The molecule has 6 heteroatoms. The fourth-order valence-electron chi connectivity index (χ4n) is 2.36. The molecule has 1 aliphatic rings. The number of nitrogens with two attached hydrogens (primary N) is 1. The number of hydrogen-bond donors (Lipinski definition) is 2. The Balaban J connectivity index is 2.02. The quantitative estimate of drug-likeness (QED) is 0.864. The van der Waals surface area contributed by atoms with Gasteiger partial charge in [-0.2, -0.15) is 0 Å². The fourth-order valence-corrected chi connectivity index (χ4v) is 3.90. The Morgan fingerprint density at radius 1 is 1.32 bits per heavy atom. The van der Waals surface area contributed by atoms with E-state index < -0.39 is 15.8 Å². The number of hydrogen-bond acceptors (Lipinski definition) is 3. The van der Waals surface area contributed by atoms with E-state index in [9.17, 15) is 12.8 Å². The Labute approximate surface area is 113 Å². The van der Waals surface area contributed by atoms with Crippen LogP contribution in [0.4, 0.5) is 4.39 Å². The molecule has 2 rings (SSSR count). The van der Waals surface area contributed by atoms with E-state index in [1.807, 2.05) is 0 Å². The van der Waals surface area contributed by atoms with Crippen molar-refractivity contribution >= 4 is 10.0 Å². The van der Waals surface area contributed by atoms with Crippen molar-refractivity contribution < 1.29 is 12.8 Å². The average molecular weight is 286 g/mol. The second-order valence-electron chi connectivity index (χ2n) is 4.90. The summed E-state index contributed by atoms with van der Waals surface area (Å²) in [6.45, 7) is 0.264. The van der Waals surface area contributed by atoms with Gasteiger partial charge in [0.1, 0.15) is 5.82 Å². The molecular weight excluding hydrogens is 267 g/mol. The number of sulfonamides is 1. The summed E-state index contributed by atoms with van der Waals surface area (Å²) in [6, 6.07) is 4.64. The van der Waals surface area contributed by atoms with E-state index in [0.717, 1.165) is 12.8 Å². The zero-order valence-corrected chi connectivity index (χ0v) is 11.5. The van der Waals surface area contributed by atoms with Crippen LogP contribution in [0.5, 0.6) is 0 Å². The second-order valence-corrected chi connectivity index (χ2v) is 6.95. The van der Waals surface area contributed by atoms with Crippen LogP contribution in [-0.2, 0) is 23.1 Å². The third-order valence-electron chi connectivity index (χ3n) is 3.56. The number of halogens is 1. The topological polar surface area (TPSA) is 72.2 Å². The van der Waals surface area contributed by atoms with E-state index in [0.29, 0.717) is 24.0 Å². The van der Waals surface area contributed by atoms with Gasteiger partial charge in [0.05, 0.1) is 5.25 Å².